The van der Waals surface area contributed by atoms with Crippen molar-refractivity contribution >= 4 is 19.9 Å². The average molecular weight is 317 g/mol. The smallest absolute Gasteiger partial charge is 0.244 e. The number of hydrogen-bond donors (Lipinski definition) is 1. The van der Waals surface area contributed by atoms with Gasteiger partial charge in [0.15, 0.2) is 9.84 Å². The van der Waals surface area contributed by atoms with Crippen LogP contribution in [0.4, 0.5) is 0 Å². The Labute approximate surface area is 118 Å². The third-order valence-electron chi connectivity index (χ3n) is 2.85. The third kappa shape index (κ3) is 3.20. The van der Waals surface area contributed by atoms with E-state index in [4.69, 9.17) is 4.74 Å². The molecule has 1 aromatic carbocycles. The molecule has 20 heavy (non-hydrogen) atoms. The second-order valence-electron chi connectivity index (χ2n) is 4.54. The predicted molar refractivity (Wildman–Crippen MR) is 74.8 cm³/mol. The summed E-state index contributed by atoms with van der Waals surface area (Å²) in [5.41, 5.74) is 0.765. The Balaban J connectivity index is 2.32. The summed E-state index contributed by atoms with van der Waals surface area (Å²) in [5, 5.41) is 1.02. The number of sulfone groups is 1. The fourth-order valence-corrected chi connectivity index (χ4v) is 4.69. The van der Waals surface area contributed by atoms with E-state index in [0.29, 0.717) is 0 Å². The van der Waals surface area contributed by atoms with Crippen LogP contribution < -0.4 is 9.46 Å². The second kappa shape index (κ2) is 5.19. The van der Waals surface area contributed by atoms with Gasteiger partial charge in [0.2, 0.25) is 10.0 Å². The molecule has 0 fully saturated rings. The Morgan fingerprint density at radius 2 is 2.05 bits per heavy atom. The molecule has 1 aromatic rings. The molecule has 6 nitrogen and oxygen atoms in total. The Kier molecular flexibility index (Phi) is 3.90. The summed E-state index contributed by atoms with van der Waals surface area (Å²) >= 11 is 0. The lowest BCUT2D eigenvalue weighted by Gasteiger charge is -2.14. The van der Waals surface area contributed by atoms with Gasteiger partial charge in [0.05, 0.1) is 18.9 Å². The van der Waals surface area contributed by atoms with E-state index >= 15 is 0 Å². The highest BCUT2D eigenvalue weighted by molar-refractivity contribution is 7.94. The molecular weight excluding hydrogens is 302 g/mol. The number of sulfonamides is 1. The summed E-state index contributed by atoms with van der Waals surface area (Å²) in [6.07, 6.45) is 1.33. The van der Waals surface area contributed by atoms with Gasteiger partial charge in [0.25, 0.3) is 0 Å². The van der Waals surface area contributed by atoms with Crippen LogP contribution in [0, 0.1) is 6.92 Å². The average Bonchev–Trinajstić information content (AvgIpc) is 2.68. The molecule has 2 rings (SSSR count). The maximum atomic E-state index is 12.3. The molecule has 8 heteroatoms. The van der Waals surface area contributed by atoms with E-state index in [2.05, 4.69) is 4.72 Å². The lowest BCUT2D eigenvalue weighted by atomic mass is 10.2. The SMILES string of the molecule is COc1ccc(C)cc1S(=O)(=O)N[C@H]1C=CS(=O)(=O)C1. The first-order valence-corrected chi connectivity index (χ1v) is 9.01. The quantitative estimate of drug-likeness (QED) is 0.878. The molecule has 110 valence electrons. The molecule has 0 unspecified atom stereocenters. The Bertz CT molecular complexity index is 750. The standard InChI is InChI=1S/C12H15NO5S2/c1-9-3-4-11(18-2)12(7-9)20(16,17)13-10-5-6-19(14,15)8-10/h3-7,10,13H,8H2,1-2H3/t10-/m0/s1. The fraction of sp³-hybridized carbons (Fsp3) is 0.333. The van der Waals surface area contributed by atoms with Crippen LogP contribution >= 0.6 is 0 Å². The van der Waals surface area contributed by atoms with E-state index in [1.807, 2.05) is 0 Å². The van der Waals surface area contributed by atoms with Gasteiger partial charge in [-0.25, -0.2) is 21.6 Å². The minimum absolute atomic E-state index is 0.00213. The van der Waals surface area contributed by atoms with Gasteiger partial charge in [0, 0.05) is 5.41 Å². The van der Waals surface area contributed by atoms with Crippen molar-refractivity contribution in [2.45, 2.75) is 17.9 Å². The molecule has 1 aliphatic heterocycles. The zero-order valence-corrected chi connectivity index (χ0v) is 12.7. The summed E-state index contributed by atoms with van der Waals surface area (Å²) < 4.78 is 54.6. The minimum atomic E-state index is -3.85. The molecule has 0 spiro atoms. The van der Waals surface area contributed by atoms with Crippen LogP contribution in [0.5, 0.6) is 5.75 Å². The van der Waals surface area contributed by atoms with Crippen LogP contribution in [0.1, 0.15) is 5.56 Å². The number of benzene rings is 1. The van der Waals surface area contributed by atoms with E-state index < -0.39 is 25.9 Å². The lowest BCUT2D eigenvalue weighted by molar-refractivity contribution is 0.402. The predicted octanol–water partition coefficient (Wildman–Crippen LogP) is 0.593. The van der Waals surface area contributed by atoms with Crippen molar-refractivity contribution in [3.8, 4) is 5.75 Å². The van der Waals surface area contributed by atoms with E-state index in [0.717, 1.165) is 11.0 Å². The first-order valence-electron chi connectivity index (χ1n) is 5.81. The molecule has 0 saturated heterocycles. The van der Waals surface area contributed by atoms with Crippen molar-refractivity contribution in [1.82, 2.24) is 4.72 Å². The summed E-state index contributed by atoms with van der Waals surface area (Å²) in [7, 11) is -5.78. The van der Waals surface area contributed by atoms with Gasteiger partial charge < -0.3 is 4.74 Å². The molecule has 0 bridgehead atoms. The van der Waals surface area contributed by atoms with Gasteiger partial charge in [-0.15, -0.1) is 0 Å². The van der Waals surface area contributed by atoms with E-state index in [9.17, 15) is 16.8 Å². The van der Waals surface area contributed by atoms with Crippen LogP contribution in [0.25, 0.3) is 0 Å². The normalized spacial score (nSPS) is 21.0. The van der Waals surface area contributed by atoms with Gasteiger partial charge in [-0.2, -0.15) is 0 Å². The minimum Gasteiger partial charge on any atom is -0.495 e. The monoisotopic (exact) mass is 317 g/mol. The van der Waals surface area contributed by atoms with E-state index in [1.54, 1.807) is 19.1 Å². The molecular formula is C12H15NO5S2. The van der Waals surface area contributed by atoms with E-state index in [-0.39, 0.29) is 16.4 Å². The highest BCUT2D eigenvalue weighted by Gasteiger charge is 2.28. The number of aryl methyl sites for hydroxylation is 1. The van der Waals surface area contributed by atoms with Gasteiger partial charge in [0.1, 0.15) is 10.6 Å². The van der Waals surface area contributed by atoms with Crippen molar-refractivity contribution in [3.63, 3.8) is 0 Å². The topological polar surface area (TPSA) is 89.5 Å². The summed E-state index contributed by atoms with van der Waals surface area (Å²) in [6.45, 7) is 1.76. The van der Waals surface area contributed by atoms with Crippen LogP contribution in [0.15, 0.2) is 34.6 Å². The lowest BCUT2D eigenvalue weighted by Crippen LogP contribution is -2.35. The number of rotatable bonds is 4. The highest BCUT2D eigenvalue weighted by atomic mass is 32.2. The molecule has 1 heterocycles. The summed E-state index contributed by atoms with van der Waals surface area (Å²) in [4.78, 5) is -0.00213. The largest absolute Gasteiger partial charge is 0.495 e. The molecule has 0 aliphatic carbocycles. The molecule has 1 atom stereocenters. The van der Waals surface area contributed by atoms with Crippen LogP contribution in [-0.4, -0.2) is 35.7 Å². The Morgan fingerprint density at radius 1 is 1.35 bits per heavy atom. The maximum absolute atomic E-state index is 12.3. The molecule has 1 aliphatic rings. The van der Waals surface area contributed by atoms with Crippen molar-refractivity contribution < 1.29 is 21.6 Å². The Hall–Kier alpha value is -1.38. The van der Waals surface area contributed by atoms with Crippen molar-refractivity contribution in [2.75, 3.05) is 12.9 Å². The zero-order valence-electron chi connectivity index (χ0n) is 11.0. The van der Waals surface area contributed by atoms with Crippen molar-refractivity contribution in [3.05, 3.63) is 35.2 Å². The Morgan fingerprint density at radius 3 is 2.60 bits per heavy atom. The number of nitrogens with one attached hydrogen (secondary N) is 1. The third-order valence-corrected chi connectivity index (χ3v) is 5.75. The highest BCUT2D eigenvalue weighted by Crippen LogP contribution is 2.25. The first-order chi connectivity index (χ1) is 9.23. The van der Waals surface area contributed by atoms with Gasteiger partial charge in [-0.05, 0) is 24.6 Å². The van der Waals surface area contributed by atoms with Gasteiger partial charge in [-0.1, -0.05) is 12.1 Å². The zero-order chi connectivity index (χ0) is 15.0. The summed E-state index contributed by atoms with van der Waals surface area (Å²) in [6, 6.07) is 4.02. The molecule has 0 amide bonds. The van der Waals surface area contributed by atoms with Crippen LogP contribution in [0.3, 0.4) is 0 Å². The molecule has 0 saturated carbocycles. The van der Waals surface area contributed by atoms with Crippen molar-refractivity contribution in [2.24, 2.45) is 0 Å². The van der Waals surface area contributed by atoms with Crippen molar-refractivity contribution in [1.29, 1.82) is 0 Å². The number of methoxy groups -OCH3 is 1. The molecule has 1 N–H and O–H groups in total. The fourth-order valence-electron chi connectivity index (χ4n) is 1.91. The van der Waals surface area contributed by atoms with Crippen LogP contribution in [-0.2, 0) is 19.9 Å². The second-order valence-corrected chi connectivity index (χ2v) is 8.15. The molecule has 0 radical (unpaired) electrons. The maximum Gasteiger partial charge on any atom is 0.244 e. The van der Waals surface area contributed by atoms with Gasteiger partial charge >= 0.3 is 0 Å². The number of hydrogen-bond acceptors (Lipinski definition) is 5. The van der Waals surface area contributed by atoms with E-state index in [1.165, 1.54) is 19.3 Å². The molecule has 0 aromatic heterocycles. The van der Waals surface area contributed by atoms with Gasteiger partial charge in [-0.3, -0.25) is 0 Å². The summed E-state index contributed by atoms with van der Waals surface area (Å²) in [5.74, 6) is -0.0479. The van der Waals surface area contributed by atoms with Crippen LogP contribution in [0.2, 0.25) is 0 Å². The number of ether oxygens (including phenoxy) is 1. The first kappa shape index (κ1) is 15.0.